The molecule has 1 aliphatic rings. The second kappa shape index (κ2) is 2.55. The SMILES string of the molecule is CN1COCc2ccccc21. The predicted octanol–water partition coefficient (Wildman–Crippen LogP) is 1.61. The van der Waals surface area contributed by atoms with Crippen LogP contribution in [0.5, 0.6) is 0 Å². The van der Waals surface area contributed by atoms with Crippen molar-refractivity contribution < 1.29 is 4.74 Å². The lowest BCUT2D eigenvalue weighted by Gasteiger charge is -2.27. The number of anilines is 1. The first kappa shape index (κ1) is 6.68. The van der Waals surface area contributed by atoms with Gasteiger partial charge in [-0.25, -0.2) is 0 Å². The van der Waals surface area contributed by atoms with Crippen molar-refractivity contribution in [2.75, 3.05) is 18.7 Å². The van der Waals surface area contributed by atoms with E-state index >= 15 is 0 Å². The lowest BCUT2D eigenvalue weighted by Crippen LogP contribution is -2.26. The summed E-state index contributed by atoms with van der Waals surface area (Å²) in [5, 5.41) is 0. The summed E-state index contributed by atoms with van der Waals surface area (Å²) in [6.07, 6.45) is 0. The highest BCUT2D eigenvalue weighted by molar-refractivity contribution is 5.53. The summed E-state index contributed by atoms with van der Waals surface area (Å²) in [5.74, 6) is 0. The molecule has 58 valence electrons. The Morgan fingerprint density at radius 3 is 3.00 bits per heavy atom. The molecule has 0 unspecified atom stereocenters. The molecule has 1 aromatic rings. The molecule has 0 saturated carbocycles. The average molecular weight is 149 g/mol. The number of para-hydroxylation sites is 1. The van der Waals surface area contributed by atoms with Crippen LogP contribution in [0.4, 0.5) is 5.69 Å². The van der Waals surface area contributed by atoms with E-state index in [-0.39, 0.29) is 0 Å². The fourth-order valence-electron chi connectivity index (χ4n) is 1.37. The van der Waals surface area contributed by atoms with E-state index in [0.29, 0.717) is 6.73 Å². The molecule has 0 N–H and O–H groups in total. The molecule has 2 heteroatoms. The van der Waals surface area contributed by atoms with Crippen LogP contribution < -0.4 is 4.90 Å². The Kier molecular flexibility index (Phi) is 1.55. The van der Waals surface area contributed by atoms with Crippen LogP contribution in [0.3, 0.4) is 0 Å². The number of ether oxygens (including phenoxy) is 1. The van der Waals surface area contributed by atoms with Gasteiger partial charge < -0.3 is 9.64 Å². The van der Waals surface area contributed by atoms with Crippen molar-refractivity contribution in [3.63, 3.8) is 0 Å². The van der Waals surface area contributed by atoms with Crippen LogP contribution in [0, 0.1) is 0 Å². The van der Waals surface area contributed by atoms with Gasteiger partial charge in [-0.05, 0) is 6.07 Å². The van der Waals surface area contributed by atoms with Crippen molar-refractivity contribution in [2.45, 2.75) is 6.61 Å². The zero-order chi connectivity index (χ0) is 7.68. The fourth-order valence-corrected chi connectivity index (χ4v) is 1.37. The van der Waals surface area contributed by atoms with Gasteiger partial charge in [-0.3, -0.25) is 0 Å². The van der Waals surface area contributed by atoms with E-state index in [4.69, 9.17) is 4.74 Å². The molecule has 0 aromatic heterocycles. The number of rotatable bonds is 0. The molecular weight excluding hydrogens is 138 g/mol. The van der Waals surface area contributed by atoms with E-state index in [2.05, 4.69) is 23.1 Å². The fraction of sp³-hybridized carbons (Fsp3) is 0.333. The molecule has 0 aliphatic carbocycles. The van der Waals surface area contributed by atoms with Gasteiger partial charge in [0.25, 0.3) is 0 Å². The van der Waals surface area contributed by atoms with Gasteiger partial charge in [0.2, 0.25) is 0 Å². The third-order valence-corrected chi connectivity index (χ3v) is 1.95. The number of benzene rings is 1. The van der Waals surface area contributed by atoms with Gasteiger partial charge in [0.1, 0.15) is 6.73 Å². The van der Waals surface area contributed by atoms with Crippen LogP contribution in [-0.2, 0) is 11.3 Å². The lowest BCUT2D eigenvalue weighted by molar-refractivity contribution is 0.113. The Bertz CT molecular complexity index is 259. The maximum Gasteiger partial charge on any atom is 0.119 e. The highest BCUT2D eigenvalue weighted by Gasteiger charge is 2.11. The van der Waals surface area contributed by atoms with Crippen molar-refractivity contribution >= 4 is 5.69 Å². The van der Waals surface area contributed by atoms with Crippen LogP contribution in [0.2, 0.25) is 0 Å². The molecule has 2 nitrogen and oxygen atoms in total. The van der Waals surface area contributed by atoms with Crippen molar-refractivity contribution in [1.82, 2.24) is 0 Å². The zero-order valence-electron chi connectivity index (χ0n) is 6.58. The topological polar surface area (TPSA) is 12.5 Å². The first-order valence-electron chi connectivity index (χ1n) is 3.75. The molecule has 11 heavy (non-hydrogen) atoms. The van der Waals surface area contributed by atoms with Crippen molar-refractivity contribution in [1.29, 1.82) is 0 Å². The average Bonchev–Trinajstić information content (AvgIpc) is 2.06. The highest BCUT2D eigenvalue weighted by atomic mass is 16.5. The standard InChI is InChI=1S/C9H11NO/c1-10-7-11-6-8-4-2-3-5-9(8)10/h2-5H,6-7H2,1H3. The van der Waals surface area contributed by atoms with Crippen molar-refractivity contribution in [3.8, 4) is 0 Å². The summed E-state index contributed by atoms with van der Waals surface area (Å²) >= 11 is 0. The van der Waals surface area contributed by atoms with E-state index < -0.39 is 0 Å². The Morgan fingerprint density at radius 2 is 2.18 bits per heavy atom. The monoisotopic (exact) mass is 149 g/mol. The van der Waals surface area contributed by atoms with Crippen LogP contribution in [0.1, 0.15) is 5.56 Å². The Balaban J connectivity index is 2.44. The minimum absolute atomic E-state index is 0.705. The number of nitrogens with zero attached hydrogens (tertiary/aromatic N) is 1. The summed E-state index contributed by atoms with van der Waals surface area (Å²) < 4.78 is 5.33. The van der Waals surface area contributed by atoms with E-state index in [9.17, 15) is 0 Å². The molecule has 2 rings (SSSR count). The molecule has 0 atom stereocenters. The maximum atomic E-state index is 5.33. The van der Waals surface area contributed by atoms with Crippen LogP contribution in [0.25, 0.3) is 0 Å². The second-order valence-corrected chi connectivity index (χ2v) is 2.80. The molecule has 1 heterocycles. The van der Waals surface area contributed by atoms with Crippen molar-refractivity contribution in [3.05, 3.63) is 29.8 Å². The lowest BCUT2D eigenvalue weighted by atomic mass is 10.1. The molecule has 0 radical (unpaired) electrons. The summed E-state index contributed by atoms with van der Waals surface area (Å²) in [6, 6.07) is 8.32. The summed E-state index contributed by atoms with van der Waals surface area (Å²) in [7, 11) is 2.04. The molecule has 0 saturated heterocycles. The minimum Gasteiger partial charge on any atom is -0.356 e. The molecule has 0 bridgehead atoms. The third-order valence-electron chi connectivity index (χ3n) is 1.95. The number of hydrogen-bond acceptors (Lipinski definition) is 2. The molecule has 0 spiro atoms. The summed E-state index contributed by atoms with van der Waals surface area (Å²) in [6.45, 7) is 1.46. The first-order valence-corrected chi connectivity index (χ1v) is 3.75. The van der Waals surface area contributed by atoms with Gasteiger partial charge >= 0.3 is 0 Å². The smallest absolute Gasteiger partial charge is 0.119 e. The molecule has 1 aliphatic heterocycles. The third kappa shape index (κ3) is 1.10. The second-order valence-electron chi connectivity index (χ2n) is 2.80. The zero-order valence-corrected chi connectivity index (χ0v) is 6.58. The van der Waals surface area contributed by atoms with Crippen LogP contribution in [0.15, 0.2) is 24.3 Å². The van der Waals surface area contributed by atoms with E-state index in [1.165, 1.54) is 11.3 Å². The van der Waals surface area contributed by atoms with Gasteiger partial charge in [-0.1, -0.05) is 18.2 Å². The molecule has 0 amide bonds. The Morgan fingerprint density at radius 1 is 1.36 bits per heavy atom. The van der Waals surface area contributed by atoms with Crippen LogP contribution in [-0.4, -0.2) is 13.8 Å². The largest absolute Gasteiger partial charge is 0.356 e. The Hall–Kier alpha value is -1.02. The highest BCUT2D eigenvalue weighted by Crippen LogP contribution is 2.23. The quantitative estimate of drug-likeness (QED) is 0.555. The maximum absolute atomic E-state index is 5.33. The van der Waals surface area contributed by atoms with Gasteiger partial charge in [-0.15, -0.1) is 0 Å². The predicted molar refractivity (Wildman–Crippen MR) is 44.5 cm³/mol. The van der Waals surface area contributed by atoms with Crippen molar-refractivity contribution in [2.24, 2.45) is 0 Å². The van der Waals surface area contributed by atoms with Gasteiger partial charge in [0.15, 0.2) is 0 Å². The van der Waals surface area contributed by atoms with E-state index in [1.807, 2.05) is 13.1 Å². The van der Waals surface area contributed by atoms with Gasteiger partial charge in [-0.2, -0.15) is 0 Å². The molecular formula is C9H11NO. The molecule has 0 fully saturated rings. The molecule has 1 aromatic carbocycles. The number of hydrogen-bond donors (Lipinski definition) is 0. The normalized spacial score (nSPS) is 16.3. The Labute approximate surface area is 66.4 Å². The van der Waals surface area contributed by atoms with Crippen LogP contribution >= 0.6 is 0 Å². The summed E-state index contributed by atoms with van der Waals surface area (Å²) in [4.78, 5) is 2.11. The first-order chi connectivity index (χ1) is 5.38. The van der Waals surface area contributed by atoms with Gasteiger partial charge in [0.05, 0.1) is 6.61 Å². The van der Waals surface area contributed by atoms with E-state index in [0.717, 1.165) is 6.61 Å². The number of fused-ring (bicyclic) bond motifs is 1. The van der Waals surface area contributed by atoms with E-state index in [1.54, 1.807) is 0 Å². The summed E-state index contributed by atoms with van der Waals surface area (Å²) in [5.41, 5.74) is 2.57. The van der Waals surface area contributed by atoms with Gasteiger partial charge in [0, 0.05) is 18.3 Å². The minimum atomic E-state index is 0.705.